The summed E-state index contributed by atoms with van der Waals surface area (Å²) in [5, 5.41) is 6.02. The van der Waals surface area contributed by atoms with Crippen molar-refractivity contribution in [3.63, 3.8) is 0 Å². The Balaban J connectivity index is 1.96. The van der Waals surface area contributed by atoms with E-state index in [4.69, 9.17) is 9.47 Å². The van der Waals surface area contributed by atoms with Crippen molar-refractivity contribution < 1.29 is 14.3 Å². The first kappa shape index (κ1) is 16.0. The van der Waals surface area contributed by atoms with E-state index in [9.17, 15) is 4.79 Å². The van der Waals surface area contributed by atoms with Gasteiger partial charge in [0.1, 0.15) is 5.60 Å². The Morgan fingerprint density at radius 1 is 1.37 bits per heavy atom. The van der Waals surface area contributed by atoms with E-state index in [1.807, 2.05) is 32.9 Å². The van der Waals surface area contributed by atoms with Gasteiger partial charge >= 0.3 is 6.09 Å². The van der Waals surface area contributed by atoms with Gasteiger partial charge in [-0.25, -0.2) is 4.79 Å². The first-order chi connectivity index (χ1) is 8.97. The average molecular weight is 270 g/mol. The number of carbonyl (C=O) groups is 1. The molecule has 0 aromatic carbocycles. The van der Waals surface area contributed by atoms with E-state index in [0.717, 1.165) is 32.7 Å². The molecule has 0 radical (unpaired) electrons. The number of ether oxygens (including phenoxy) is 2. The molecule has 0 aromatic rings. The lowest BCUT2D eigenvalue weighted by Gasteiger charge is -2.19. The lowest BCUT2D eigenvalue weighted by Crippen LogP contribution is -2.32. The van der Waals surface area contributed by atoms with Gasteiger partial charge in [0.15, 0.2) is 0 Å². The highest BCUT2D eigenvalue weighted by atomic mass is 16.6. The third-order valence-corrected chi connectivity index (χ3v) is 2.65. The molecule has 19 heavy (non-hydrogen) atoms. The molecule has 1 aliphatic heterocycles. The summed E-state index contributed by atoms with van der Waals surface area (Å²) in [6.07, 6.45) is 4.69. The molecule has 5 heteroatoms. The minimum Gasteiger partial charge on any atom is -0.444 e. The zero-order valence-electron chi connectivity index (χ0n) is 12.2. The van der Waals surface area contributed by atoms with Gasteiger partial charge in [-0.05, 0) is 33.1 Å². The van der Waals surface area contributed by atoms with Gasteiger partial charge in [-0.1, -0.05) is 12.2 Å². The number of rotatable bonds is 6. The van der Waals surface area contributed by atoms with Crippen LogP contribution in [0.2, 0.25) is 0 Å². The van der Waals surface area contributed by atoms with Crippen LogP contribution in [0.15, 0.2) is 12.2 Å². The maximum absolute atomic E-state index is 11.3. The molecule has 1 atom stereocenters. The van der Waals surface area contributed by atoms with Crippen LogP contribution in [0.1, 0.15) is 27.2 Å². The molecule has 1 saturated heterocycles. The number of hydrogen-bond acceptors (Lipinski definition) is 4. The van der Waals surface area contributed by atoms with E-state index in [-0.39, 0.29) is 6.09 Å². The summed E-state index contributed by atoms with van der Waals surface area (Å²) in [7, 11) is 0. The molecule has 1 amide bonds. The first-order valence-corrected chi connectivity index (χ1v) is 6.87. The minimum absolute atomic E-state index is 0.381. The smallest absolute Gasteiger partial charge is 0.407 e. The van der Waals surface area contributed by atoms with Crippen molar-refractivity contribution in [3.05, 3.63) is 12.2 Å². The van der Waals surface area contributed by atoms with Gasteiger partial charge in [-0.15, -0.1) is 0 Å². The van der Waals surface area contributed by atoms with Crippen LogP contribution in [0.4, 0.5) is 4.79 Å². The van der Waals surface area contributed by atoms with Crippen LogP contribution in [0, 0.1) is 5.92 Å². The summed E-state index contributed by atoms with van der Waals surface area (Å²) in [5.41, 5.74) is -0.446. The molecule has 110 valence electrons. The van der Waals surface area contributed by atoms with Crippen molar-refractivity contribution in [1.82, 2.24) is 10.6 Å². The molecular formula is C14H26N2O3. The van der Waals surface area contributed by atoms with Crippen LogP contribution in [-0.4, -0.2) is 44.5 Å². The van der Waals surface area contributed by atoms with Crippen LogP contribution in [-0.2, 0) is 9.47 Å². The second-order valence-corrected chi connectivity index (χ2v) is 5.74. The number of hydrogen-bond donors (Lipinski definition) is 2. The van der Waals surface area contributed by atoms with Gasteiger partial charge in [0, 0.05) is 26.2 Å². The van der Waals surface area contributed by atoms with Gasteiger partial charge in [-0.3, -0.25) is 0 Å². The zero-order chi connectivity index (χ0) is 14.1. The number of carbonyl (C=O) groups excluding carboxylic acids is 1. The summed E-state index contributed by atoms with van der Waals surface area (Å²) in [5.74, 6) is 0.647. The van der Waals surface area contributed by atoms with Crippen molar-refractivity contribution in [1.29, 1.82) is 0 Å². The fourth-order valence-electron chi connectivity index (χ4n) is 1.74. The van der Waals surface area contributed by atoms with Gasteiger partial charge in [0.25, 0.3) is 0 Å². The first-order valence-electron chi connectivity index (χ1n) is 6.87. The normalized spacial score (nSPS) is 19.8. The maximum atomic E-state index is 11.3. The highest BCUT2D eigenvalue weighted by molar-refractivity contribution is 5.67. The Bertz CT molecular complexity index is 292. The summed E-state index contributed by atoms with van der Waals surface area (Å²) < 4.78 is 10.4. The number of amides is 1. The molecule has 2 N–H and O–H groups in total. The second kappa shape index (κ2) is 8.17. The number of nitrogens with one attached hydrogen (secondary N) is 2. The van der Waals surface area contributed by atoms with E-state index < -0.39 is 5.60 Å². The van der Waals surface area contributed by atoms with E-state index in [2.05, 4.69) is 10.6 Å². The number of alkyl carbamates (subject to hydrolysis) is 1. The van der Waals surface area contributed by atoms with E-state index in [1.54, 1.807) is 0 Å². The second-order valence-electron chi connectivity index (χ2n) is 5.74. The average Bonchev–Trinajstić information content (AvgIpc) is 2.78. The van der Waals surface area contributed by atoms with E-state index in [1.165, 1.54) is 0 Å². The summed E-state index contributed by atoms with van der Waals surface area (Å²) in [4.78, 5) is 11.3. The van der Waals surface area contributed by atoms with E-state index >= 15 is 0 Å². The van der Waals surface area contributed by atoms with Crippen molar-refractivity contribution in [2.75, 3.05) is 32.8 Å². The topological polar surface area (TPSA) is 59.6 Å². The molecule has 1 rings (SSSR count). The molecule has 0 saturated carbocycles. The van der Waals surface area contributed by atoms with Crippen molar-refractivity contribution in [2.45, 2.75) is 32.8 Å². The monoisotopic (exact) mass is 270 g/mol. The van der Waals surface area contributed by atoms with E-state index in [0.29, 0.717) is 12.5 Å². The predicted octanol–water partition coefficient (Wildman–Crippen LogP) is 1.69. The van der Waals surface area contributed by atoms with Crippen molar-refractivity contribution in [2.24, 2.45) is 5.92 Å². The van der Waals surface area contributed by atoms with Gasteiger partial charge < -0.3 is 20.1 Å². The van der Waals surface area contributed by atoms with Gasteiger partial charge in [0.2, 0.25) is 0 Å². The largest absolute Gasteiger partial charge is 0.444 e. The Morgan fingerprint density at radius 2 is 2.11 bits per heavy atom. The molecule has 0 aromatic heterocycles. The molecule has 5 nitrogen and oxygen atoms in total. The standard InChI is InChI=1S/C14H26N2O3/c1-14(2,3)19-13(17)16-8-5-4-7-15-10-12-6-9-18-11-12/h4-5,12,15H,6-11H2,1-3H3,(H,16,17)/b5-4+. The van der Waals surface area contributed by atoms with Crippen LogP contribution in [0.3, 0.4) is 0 Å². The third-order valence-electron chi connectivity index (χ3n) is 2.65. The Morgan fingerprint density at radius 3 is 2.74 bits per heavy atom. The Hall–Kier alpha value is -1.07. The van der Waals surface area contributed by atoms with Gasteiger partial charge in [-0.2, -0.15) is 0 Å². The lowest BCUT2D eigenvalue weighted by atomic mass is 10.1. The predicted molar refractivity (Wildman–Crippen MR) is 75.2 cm³/mol. The lowest BCUT2D eigenvalue weighted by molar-refractivity contribution is 0.0534. The summed E-state index contributed by atoms with van der Waals surface area (Å²) in [6, 6.07) is 0. The minimum atomic E-state index is -0.446. The summed E-state index contributed by atoms with van der Waals surface area (Å²) in [6.45, 7) is 9.59. The Labute approximate surface area is 115 Å². The van der Waals surface area contributed by atoms with Crippen LogP contribution >= 0.6 is 0 Å². The highest BCUT2D eigenvalue weighted by Crippen LogP contribution is 2.10. The Kier molecular flexibility index (Phi) is 6.87. The van der Waals surface area contributed by atoms with Crippen LogP contribution in [0.5, 0.6) is 0 Å². The van der Waals surface area contributed by atoms with Crippen LogP contribution < -0.4 is 10.6 Å². The quantitative estimate of drug-likeness (QED) is 0.569. The molecule has 0 aliphatic carbocycles. The molecule has 1 aliphatic rings. The fourth-order valence-corrected chi connectivity index (χ4v) is 1.74. The zero-order valence-corrected chi connectivity index (χ0v) is 12.2. The van der Waals surface area contributed by atoms with Crippen molar-refractivity contribution in [3.8, 4) is 0 Å². The summed E-state index contributed by atoms with van der Waals surface area (Å²) >= 11 is 0. The molecule has 1 fully saturated rings. The molecule has 1 heterocycles. The maximum Gasteiger partial charge on any atom is 0.407 e. The molecule has 0 spiro atoms. The molecular weight excluding hydrogens is 244 g/mol. The molecule has 1 unspecified atom stereocenters. The van der Waals surface area contributed by atoms with Crippen LogP contribution in [0.25, 0.3) is 0 Å². The highest BCUT2D eigenvalue weighted by Gasteiger charge is 2.15. The third kappa shape index (κ3) is 8.61. The fraction of sp³-hybridized carbons (Fsp3) is 0.786. The van der Waals surface area contributed by atoms with Gasteiger partial charge in [0.05, 0.1) is 6.61 Å². The van der Waals surface area contributed by atoms with Crippen molar-refractivity contribution >= 4 is 6.09 Å². The molecule has 0 bridgehead atoms. The SMILES string of the molecule is CC(C)(C)OC(=O)NC/C=C/CNCC1CCOC1.